The molecule has 0 aliphatic carbocycles. The van der Waals surface area contributed by atoms with Crippen molar-refractivity contribution >= 4 is 23.2 Å². The lowest BCUT2D eigenvalue weighted by Gasteiger charge is -2.25. The fourth-order valence-corrected chi connectivity index (χ4v) is 3.13. The van der Waals surface area contributed by atoms with Crippen molar-refractivity contribution in [3.63, 3.8) is 0 Å². The van der Waals surface area contributed by atoms with Gasteiger partial charge in [0.1, 0.15) is 12.4 Å². The lowest BCUT2D eigenvalue weighted by molar-refractivity contribution is 0.354. The summed E-state index contributed by atoms with van der Waals surface area (Å²) in [6, 6.07) is 13.4. The second-order valence-electron chi connectivity index (χ2n) is 5.80. The summed E-state index contributed by atoms with van der Waals surface area (Å²) >= 11 is 6.01. The zero-order valence-corrected chi connectivity index (χ0v) is 15.1. The van der Waals surface area contributed by atoms with Crippen molar-refractivity contribution in [2.24, 2.45) is 0 Å². The zero-order chi connectivity index (χ0) is 18.1. The van der Waals surface area contributed by atoms with Crippen LogP contribution in [0.2, 0.25) is 5.02 Å². The maximum Gasteiger partial charge on any atom is 0.226 e. The smallest absolute Gasteiger partial charge is 0.226 e. The SMILES string of the molecule is COc1ccc([C@@H]2C=C(c3ccc(Cl)cc3)Nc3ncnn32)cc1OC. The number of ether oxygens (including phenoxy) is 2. The van der Waals surface area contributed by atoms with E-state index in [0.29, 0.717) is 22.5 Å². The van der Waals surface area contributed by atoms with Gasteiger partial charge < -0.3 is 14.8 Å². The molecule has 1 N–H and O–H groups in total. The minimum absolute atomic E-state index is 0.126. The molecule has 2 heterocycles. The van der Waals surface area contributed by atoms with Crippen LogP contribution >= 0.6 is 11.6 Å². The minimum Gasteiger partial charge on any atom is -0.493 e. The normalized spacial score (nSPS) is 15.7. The van der Waals surface area contributed by atoms with Crippen LogP contribution in [0.3, 0.4) is 0 Å². The van der Waals surface area contributed by atoms with Crippen LogP contribution in [0.1, 0.15) is 17.2 Å². The molecule has 3 aromatic rings. The topological polar surface area (TPSA) is 61.2 Å². The molecule has 0 radical (unpaired) electrons. The Kier molecular flexibility index (Phi) is 4.26. The molecule has 1 aliphatic heterocycles. The minimum atomic E-state index is -0.126. The number of methoxy groups -OCH3 is 2. The molecule has 26 heavy (non-hydrogen) atoms. The van der Waals surface area contributed by atoms with Crippen LogP contribution in [0.25, 0.3) is 5.70 Å². The summed E-state index contributed by atoms with van der Waals surface area (Å²) in [6.45, 7) is 0. The zero-order valence-electron chi connectivity index (χ0n) is 14.3. The van der Waals surface area contributed by atoms with Crippen LogP contribution in [-0.4, -0.2) is 29.0 Å². The Bertz CT molecular complexity index is 966. The number of halogens is 1. The van der Waals surface area contributed by atoms with Gasteiger partial charge >= 0.3 is 0 Å². The number of nitrogens with zero attached hydrogens (tertiary/aromatic N) is 3. The second kappa shape index (κ2) is 6.72. The van der Waals surface area contributed by atoms with E-state index in [4.69, 9.17) is 21.1 Å². The van der Waals surface area contributed by atoms with Crippen molar-refractivity contribution in [2.75, 3.05) is 19.5 Å². The molecule has 6 nitrogen and oxygen atoms in total. The number of benzene rings is 2. The molecule has 0 saturated heterocycles. The molecular formula is C19H17ClN4O2. The van der Waals surface area contributed by atoms with E-state index in [9.17, 15) is 0 Å². The molecule has 1 aliphatic rings. The van der Waals surface area contributed by atoms with E-state index in [-0.39, 0.29) is 6.04 Å². The molecule has 0 amide bonds. The van der Waals surface area contributed by atoms with Crippen molar-refractivity contribution in [3.05, 3.63) is 71.0 Å². The summed E-state index contributed by atoms with van der Waals surface area (Å²) in [4.78, 5) is 4.32. The Hall–Kier alpha value is -2.99. The lowest BCUT2D eigenvalue weighted by atomic mass is 10.0. The number of hydrogen-bond donors (Lipinski definition) is 1. The number of aromatic nitrogens is 3. The van der Waals surface area contributed by atoms with Gasteiger partial charge in [-0.1, -0.05) is 29.8 Å². The van der Waals surface area contributed by atoms with E-state index in [2.05, 4.69) is 21.5 Å². The standard InChI is InChI=1S/C19H17ClN4O2/c1-25-17-8-5-13(9-18(17)26-2)16-10-15(12-3-6-14(20)7-4-12)23-19-21-11-22-24(16)19/h3-11,16H,1-2H3,(H,21,22,23)/t16-/m0/s1. The third-order valence-electron chi connectivity index (χ3n) is 4.31. The molecule has 1 atom stereocenters. The van der Waals surface area contributed by atoms with Crippen LogP contribution in [-0.2, 0) is 0 Å². The predicted octanol–water partition coefficient (Wildman–Crippen LogP) is 4.00. The van der Waals surface area contributed by atoms with Crippen molar-refractivity contribution < 1.29 is 9.47 Å². The molecule has 0 fully saturated rings. The van der Waals surface area contributed by atoms with E-state index in [0.717, 1.165) is 16.8 Å². The fraction of sp³-hybridized carbons (Fsp3) is 0.158. The van der Waals surface area contributed by atoms with E-state index in [1.54, 1.807) is 14.2 Å². The molecule has 1 aromatic heterocycles. The summed E-state index contributed by atoms with van der Waals surface area (Å²) in [5.41, 5.74) is 2.98. The number of hydrogen-bond acceptors (Lipinski definition) is 5. The van der Waals surface area contributed by atoms with Gasteiger partial charge in [-0.05, 0) is 41.5 Å². The molecular weight excluding hydrogens is 352 g/mol. The van der Waals surface area contributed by atoms with E-state index >= 15 is 0 Å². The number of allylic oxidation sites excluding steroid dienone is 1. The first-order valence-electron chi connectivity index (χ1n) is 8.06. The van der Waals surface area contributed by atoms with Gasteiger partial charge in [-0.25, -0.2) is 4.68 Å². The summed E-state index contributed by atoms with van der Waals surface area (Å²) in [5.74, 6) is 2.04. The molecule has 4 rings (SSSR count). The van der Waals surface area contributed by atoms with E-state index < -0.39 is 0 Å². The van der Waals surface area contributed by atoms with Gasteiger partial charge in [-0.15, -0.1) is 0 Å². The van der Waals surface area contributed by atoms with Gasteiger partial charge in [-0.3, -0.25) is 0 Å². The summed E-state index contributed by atoms with van der Waals surface area (Å²) < 4.78 is 12.6. The van der Waals surface area contributed by atoms with Gasteiger partial charge in [-0.2, -0.15) is 10.1 Å². The molecule has 0 saturated carbocycles. The number of anilines is 1. The molecule has 0 unspecified atom stereocenters. The average molecular weight is 369 g/mol. The van der Waals surface area contributed by atoms with Crippen LogP contribution < -0.4 is 14.8 Å². The summed E-state index contributed by atoms with van der Waals surface area (Å²) in [6.07, 6.45) is 3.64. The first kappa shape index (κ1) is 16.5. The van der Waals surface area contributed by atoms with Crippen molar-refractivity contribution in [3.8, 4) is 11.5 Å². The first-order chi connectivity index (χ1) is 12.7. The van der Waals surface area contributed by atoms with Crippen molar-refractivity contribution in [2.45, 2.75) is 6.04 Å². The Balaban J connectivity index is 1.80. The highest BCUT2D eigenvalue weighted by atomic mass is 35.5. The third-order valence-corrected chi connectivity index (χ3v) is 4.56. The average Bonchev–Trinajstić information content (AvgIpc) is 3.16. The molecule has 7 heteroatoms. The Labute approximate surface area is 156 Å². The predicted molar refractivity (Wildman–Crippen MR) is 101 cm³/mol. The van der Waals surface area contributed by atoms with Gasteiger partial charge in [0.2, 0.25) is 5.95 Å². The fourth-order valence-electron chi connectivity index (χ4n) is 3.01. The van der Waals surface area contributed by atoms with Gasteiger partial charge in [0, 0.05) is 10.7 Å². The summed E-state index contributed by atoms with van der Waals surface area (Å²) in [7, 11) is 3.25. The van der Waals surface area contributed by atoms with Gasteiger partial charge in [0.15, 0.2) is 11.5 Å². The second-order valence-corrected chi connectivity index (χ2v) is 6.24. The number of rotatable bonds is 4. The van der Waals surface area contributed by atoms with Crippen LogP contribution in [0, 0.1) is 0 Å². The Morgan fingerprint density at radius 1 is 1.04 bits per heavy atom. The molecule has 132 valence electrons. The maximum absolute atomic E-state index is 6.01. The van der Waals surface area contributed by atoms with Crippen molar-refractivity contribution in [1.29, 1.82) is 0 Å². The quantitative estimate of drug-likeness (QED) is 0.754. The largest absolute Gasteiger partial charge is 0.493 e. The van der Waals surface area contributed by atoms with Gasteiger partial charge in [0.05, 0.1) is 14.2 Å². The molecule has 0 spiro atoms. The first-order valence-corrected chi connectivity index (χ1v) is 8.43. The summed E-state index contributed by atoms with van der Waals surface area (Å²) in [5, 5.41) is 8.37. The highest BCUT2D eigenvalue weighted by Crippen LogP contribution is 2.36. The Morgan fingerprint density at radius 2 is 1.81 bits per heavy atom. The number of fused-ring (bicyclic) bond motifs is 1. The maximum atomic E-state index is 6.01. The van der Waals surface area contributed by atoms with E-state index in [1.165, 1.54) is 6.33 Å². The van der Waals surface area contributed by atoms with Crippen molar-refractivity contribution in [1.82, 2.24) is 14.8 Å². The monoisotopic (exact) mass is 368 g/mol. The lowest BCUT2D eigenvalue weighted by Crippen LogP contribution is -2.20. The van der Waals surface area contributed by atoms with E-state index in [1.807, 2.05) is 47.1 Å². The highest BCUT2D eigenvalue weighted by Gasteiger charge is 2.24. The Morgan fingerprint density at radius 3 is 2.54 bits per heavy atom. The van der Waals surface area contributed by atoms with Crippen LogP contribution in [0.4, 0.5) is 5.95 Å². The van der Waals surface area contributed by atoms with Crippen LogP contribution in [0.15, 0.2) is 54.9 Å². The molecule has 0 bridgehead atoms. The van der Waals surface area contributed by atoms with Crippen LogP contribution in [0.5, 0.6) is 11.5 Å². The highest BCUT2D eigenvalue weighted by molar-refractivity contribution is 6.30. The number of nitrogens with one attached hydrogen (secondary N) is 1. The third kappa shape index (κ3) is 2.88. The molecule has 2 aromatic carbocycles. The van der Waals surface area contributed by atoms with Gasteiger partial charge in [0.25, 0.3) is 0 Å².